The van der Waals surface area contributed by atoms with Crippen molar-refractivity contribution in [3.63, 3.8) is 0 Å². The van der Waals surface area contributed by atoms with E-state index in [0.29, 0.717) is 11.1 Å². The largest absolute Gasteiger partial charge is 0.478 e. The van der Waals surface area contributed by atoms with Gasteiger partial charge in [0.2, 0.25) is 0 Å². The number of hydrogen-bond acceptors (Lipinski definition) is 1. The highest BCUT2D eigenvalue weighted by molar-refractivity contribution is 5.89. The van der Waals surface area contributed by atoms with Crippen molar-refractivity contribution < 1.29 is 9.90 Å². The van der Waals surface area contributed by atoms with Crippen LogP contribution < -0.4 is 0 Å². The van der Waals surface area contributed by atoms with Gasteiger partial charge >= 0.3 is 5.97 Å². The molecule has 0 aliphatic rings. The van der Waals surface area contributed by atoms with E-state index < -0.39 is 5.97 Å². The summed E-state index contributed by atoms with van der Waals surface area (Å²) in [5.41, 5.74) is 2.67. The Kier molecular flexibility index (Phi) is 3.45. The molecule has 0 saturated heterocycles. The minimum absolute atomic E-state index is 0.301. The fourth-order valence-corrected chi connectivity index (χ4v) is 1.60. The summed E-state index contributed by atoms with van der Waals surface area (Å²) in [6.07, 6.45) is 0. The van der Waals surface area contributed by atoms with E-state index >= 15 is 0 Å². The Balaban J connectivity index is 2.34. The molecule has 0 unspecified atom stereocenters. The van der Waals surface area contributed by atoms with Gasteiger partial charge in [-0.25, -0.2) is 4.79 Å². The molecule has 0 radical (unpaired) electrons. The quantitative estimate of drug-likeness (QED) is 0.772. The third-order valence-corrected chi connectivity index (χ3v) is 2.59. The number of benzene rings is 2. The van der Waals surface area contributed by atoms with E-state index in [4.69, 9.17) is 5.11 Å². The van der Waals surface area contributed by atoms with Crippen molar-refractivity contribution in [2.24, 2.45) is 0 Å². The van der Waals surface area contributed by atoms with Crippen LogP contribution in [0, 0.1) is 18.8 Å². The molecule has 0 heterocycles. The van der Waals surface area contributed by atoms with Crippen LogP contribution in [0.3, 0.4) is 0 Å². The molecule has 18 heavy (non-hydrogen) atoms. The number of carboxylic acids is 1. The zero-order valence-corrected chi connectivity index (χ0v) is 9.97. The summed E-state index contributed by atoms with van der Waals surface area (Å²) in [7, 11) is 0. The summed E-state index contributed by atoms with van der Waals surface area (Å²) in [5, 5.41) is 9.03. The van der Waals surface area contributed by atoms with Gasteiger partial charge in [-0.1, -0.05) is 36.1 Å². The Labute approximate surface area is 106 Å². The van der Waals surface area contributed by atoms with Gasteiger partial charge in [0, 0.05) is 11.1 Å². The summed E-state index contributed by atoms with van der Waals surface area (Å²) >= 11 is 0. The molecule has 2 aromatic carbocycles. The van der Waals surface area contributed by atoms with Crippen LogP contribution in [0.25, 0.3) is 0 Å². The molecule has 0 aliphatic heterocycles. The maximum atomic E-state index is 11.0. The second-order valence-corrected chi connectivity index (χ2v) is 3.95. The maximum absolute atomic E-state index is 11.0. The molecule has 0 saturated carbocycles. The molecule has 2 rings (SSSR count). The lowest BCUT2D eigenvalue weighted by molar-refractivity contribution is 0.0696. The molecule has 2 heteroatoms. The van der Waals surface area contributed by atoms with Crippen molar-refractivity contribution >= 4 is 5.97 Å². The van der Waals surface area contributed by atoms with Gasteiger partial charge in [0.1, 0.15) is 0 Å². The van der Waals surface area contributed by atoms with Crippen molar-refractivity contribution in [1.29, 1.82) is 0 Å². The summed E-state index contributed by atoms with van der Waals surface area (Å²) in [4.78, 5) is 11.0. The first-order valence-corrected chi connectivity index (χ1v) is 5.58. The Hall–Kier alpha value is -2.53. The van der Waals surface area contributed by atoms with Crippen LogP contribution in [0.1, 0.15) is 27.0 Å². The molecule has 0 spiro atoms. The lowest BCUT2D eigenvalue weighted by Gasteiger charge is -2.00. The first-order valence-electron chi connectivity index (χ1n) is 5.58. The summed E-state index contributed by atoms with van der Waals surface area (Å²) in [6.45, 7) is 1.78. The van der Waals surface area contributed by atoms with Crippen LogP contribution >= 0.6 is 0 Å². The average Bonchev–Trinajstić information content (AvgIpc) is 2.38. The van der Waals surface area contributed by atoms with E-state index in [-0.39, 0.29) is 0 Å². The topological polar surface area (TPSA) is 37.3 Å². The average molecular weight is 236 g/mol. The van der Waals surface area contributed by atoms with Crippen molar-refractivity contribution in [1.82, 2.24) is 0 Å². The van der Waals surface area contributed by atoms with E-state index in [1.165, 1.54) is 0 Å². The smallest absolute Gasteiger partial charge is 0.335 e. The van der Waals surface area contributed by atoms with Gasteiger partial charge in [-0.3, -0.25) is 0 Å². The molecule has 0 bridgehead atoms. The Morgan fingerprint density at radius 3 is 2.33 bits per heavy atom. The van der Waals surface area contributed by atoms with Gasteiger partial charge in [-0.15, -0.1) is 0 Å². The number of hydrogen-bond donors (Lipinski definition) is 1. The first-order chi connectivity index (χ1) is 8.66. The van der Waals surface area contributed by atoms with Gasteiger partial charge in [-0.05, 0) is 36.8 Å². The monoisotopic (exact) mass is 236 g/mol. The SMILES string of the molecule is Cc1ccc(C#Cc2ccccc2)cc1C(=O)O. The van der Waals surface area contributed by atoms with E-state index in [0.717, 1.165) is 11.1 Å². The highest BCUT2D eigenvalue weighted by Crippen LogP contribution is 2.10. The molecule has 2 aromatic rings. The van der Waals surface area contributed by atoms with E-state index in [9.17, 15) is 4.79 Å². The van der Waals surface area contributed by atoms with Crippen molar-refractivity contribution in [3.05, 3.63) is 70.8 Å². The highest BCUT2D eigenvalue weighted by Gasteiger charge is 2.06. The minimum atomic E-state index is -0.920. The van der Waals surface area contributed by atoms with Gasteiger partial charge < -0.3 is 5.11 Å². The molecule has 0 amide bonds. The summed E-state index contributed by atoms with van der Waals surface area (Å²) < 4.78 is 0. The van der Waals surface area contributed by atoms with E-state index in [1.54, 1.807) is 19.1 Å². The van der Waals surface area contributed by atoms with Crippen molar-refractivity contribution in [2.75, 3.05) is 0 Å². The standard InChI is InChI=1S/C16H12O2/c1-12-7-8-14(11-15(12)16(17)18)10-9-13-5-3-2-4-6-13/h2-8,11H,1H3,(H,17,18). The lowest BCUT2D eigenvalue weighted by Crippen LogP contribution is -1.99. The number of aromatic carboxylic acids is 1. The molecule has 2 nitrogen and oxygen atoms in total. The molecule has 0 atom stereocenters. The molecule has 0 aliphatic carbocycles. The zero-order chi connectivity index (χ0) is 13.0. The maximum Gasteiger partial charge on any atom is 0.335 e. The van der Waals surface area contributed by atoms with Crippen molar-refractivity contribution in [2.45, 2.75) is 6.92 Å². The number of carbonyl (C=O) groups is 1. The minimum Gasteiger partial charge on any atom is -0.478 e. The van der Waals surface area contributed by atoms with E-state index in [1.807, 2.05) is 36.4 Å². The number of carboxylic acid groups (broad SMARTS) is 1. The molecule has 88 valence electrons. The van der Waals surface area contributed by atoms with Crippen LogP contribution in [0.2, 0.25) is 0 Å². The van der Waals surface area contributed by atoms with E-state index in [2.05, 4.69) is 11.8 Å². The first kappa shape index (κ1) is 11.9. The van der Waals surface area contributed by atoms with Crippen LogP contribution in [-0.4, -0.2) is 11.1 Å². The highest BCUT2D eigenvalue weighted by atomic mass is 16.4. The lowest BCUT2D eigenvalue weighted by atomic mass is 10.1. The second-order valence-electron chi connectivity index (χ2n) is 3.95. The molecule has 0 fully saturated rings. The number of aryl methyl sites for hydroxylation is 1. The van der Waals surface area contributed by atoms with Gasteiger partial charge in [-0.2, -0.15) is 0 Å². The predicted octanol–water partition coefficient (Wildman–Crippen LogP) is 3.09. The van der Waals surface area contributed by atoms with Crippen molar-refractivity contribution in [3.8, 4) is 11.8 Å². The van der Waals surface area contributed by atoms with Crippen LogP contribution in [0.15, 0.2) is 48.5 Å². The van der Waals surface area contributed by atoms with Gasteiger partial charge in [0.15, 0.2) is 0 Å². The fraction of sp³-hybridized carbons (Fsp3) is 0.0625. The molecule has 1 N–H and O–H groups in total. The fourth-order valence-electron chi connectivity index (χ4n) is 1.60. The zero-order valence-electron chi connectivity index (χ0n) is 9.97. The molecular weight excluding hydrogens is 224 g/mol. The third-order valence-electron chi connectivity index (χ3n) is 2.59. The van der Waals surface area contributed by atoms with Gasteiger partial charge in [0.05, 0.1) is 5.56 Å². The van der Waals surface area contributed by atoms with Crippen LogP contribution in [-0.2, 0) is 0 Å². The molecule has 0 aromatic heterocycles. The third kappa shape index (κ3) is 2.78. The normalized spacial score (nSPS) is 9.39. The Bertz CT molecular complexity index is 631. The summed E-state index contributed by atoms with van der Waals surface area (Å²) in [6, 6.07) is 14.8. The Morgan fingerprint density at radius 2 is 1.67 bits per heavy atom. The van der Waals surface area contributed by atoms with Crippen LogP contribution in [0.5, 0.6) is 0 Å². The predicted molar refractivity (Wildman–Crippen MR) is 70.6 cm³/mol. The number of rotatable bonds is 1. The van der Waals surface area contributed by atoms with Crippen LogP contribution in [0.4, 0.5) is 0 Å². The second kappa shape index (κ2) is 5.20. The molecular formula is C16H12O2. The van der Waals surface area contributed by atoms with Gasteiger partial charge in [0.25, 0.3) is 0 Å². The summed E-state index contributed by atoms with van der Waals surface area (Å²) in [5.74, 6) is 5.05. The Morgan fingerprint density at radius 1 is 1.00 bits per heavy atom.